The van der Waals surface area contributed by atoms with Crippen molar-refractivity contribution in [2.45, 2.75) is 26.0 Å². The molecule has 2 aromatic heterocycles. The van der Waals surface area contributed by atoms with Crippen molar-refractivity contribution in [1.29, 1.82) is 0 Å². The maximum Gasteiger partial charge on any atom is 0.222 e. The van der Waals surface area contributed by atoms with Gasteiger partial charge in [0, 0.05) is 36.5 Å². The second-order valence-electron chi connectivity index (χ2n) is 6.86. The van der Waals surface area contributed by atoms with Crippen LogP contribution in [0.2, 0.25) is 5.02 Å². The molecule has 27 heavy (non-hydrogen) atoms. The van der Waals surface area contributed by atoms with Gasteiger partial charge in [-0.25, -0.2) is 4.98 Å². The second-order valence-corrected chi connectivity index (χ2v) is 7.26. The van der Waals surface area contributed by atoms with E-state index in [1.807, 2.05) is 37.4 Å². The maximum absolute atomic E-state index is 9.69. The molecule has 0 radical (unpaired) electrons. The molecule has 1 fully saturated rings. The molecule has 1 aliphatic rings. The first-order valence-corrected chi connectivity index (χ1v) is 9.22. The second kappa shape index (κ2) is 7.26. The number of aromatic nitrogens is 3. The van der Waals surface area contributed by atoms with Crippen molar-refractivity contribution in [3.8, 4) is 0 Å². The van der Waals surface area contributed by atoms with E-state index in [0.717, 1.165) is 36.3 Å². The number of aliphatic hydroxyl groups excluding tert-OH is 1. The summed E-state index contributed by atoms with van der Waals surface area (Å²) in [7, 11) is 0. The number of anilines is 3. The molecule has 0 amide bonds. The highest BCUT2D eigenvalue weighted by molar-refractivity contribution is 6.31. The van der Waals surface area contributed by atoms with Gasteiger partial charge in [-0.1, -0.05) is 17.7 Å². The Morgan fingerprint density at radius 2 is 2.22 bits per heavy atom. The third-order valence-corrected chi connectivity index (χ3v) is 5.19. The Bertz CT molecular complexity index is 995. The van der Waals surface area contributed by atoms with Gasteiger partial charge in [0.15, 0.2) is 5.82 Å². The average Bonchev–Trinajstić information content (AvgIpc) is 3.03. The van der Waals surface area contributed by atoms with Crippen molar-refractivity contribution in [3.63, 3.8) is 0 Å². The molecule has 0 bridgehead atoms. The fourth-order valence-corrected chi connectivity index (χ4v) is 3.51. The van der Waals surface area contributed by atoms with Gasteiger partial charge in [-0.05, 0) is 42.7 Å². The van der Waals surface area contributed by atoms with Crippen molar-refractivity contribution in [2.75, 3.05) is 24.1 Å². The number of nitrogens with zero attached hydrogens (tertiary/aromatic N) is 4. The molecule has 3 heterocycles. The van der Waals surface area contributed by atoms with E-state index in [0.29, 0.717) is 28.4 Å². The van der Waals surface area contributed by atoms with Crippen LogP contribution in [0.1, 0.15) is 17.5 Å². The Morgan fingerprint density at radius 1 is 1.37 bits per heavy atom. The van der Waals surface area contributed by atoms with Crippen LogP contribution in [0.15, 0.2) is 30.5 Å². The number of hydrogen-bond acceptors (Lipinski definition) is 7. The minimum absolute atomic E-state index is 0.181. The lowest BCUT2D eigenvalue weighted by molar-refractivity contribution is 0.175. The topological polar surface area (TPSA) is 100 Å². The molecule has 0 aliphatic carbocycles. The van der Waals surface area contributed by atoms with Gasteiger partial charge < -0.3 is 16.2 Å². The highest BCUT2D eigenvalue weighted by Gasteiger charge is 2.20. The normalized spacial score (nSPS) is 17.5. The number of halogens is 1. The summed E-state index contributed by atoms with van der Waals surface area (Å²) in [5, 5.41) is 13.6. The van der Waals surface area contributed by atoms with E-state index in [4.69, 9.17) is 17.3 Å². The van der Waals surface area contributed by atoms with Gasteiger partial charge in [0.1, 0.15) is 5.52 Å². The summed E-state index contributed by atoms with van der Waals surface area (Å²) in [5.74, 6) is 0.728. The molecule has 140 valence electrons. The number of β-amino-alcohol motifs (C(OH)–C–C–N with tert-alkyl or cyclic N) is 1. The number of hydrogen-bond donors (Lipinski definition) is 3. The predicted molar refractivity (Wildman–Crippen MR) is 107 cm³/mol. The van der Waals surface area contributed by atoms with Gasteiger partial charge in [-0.3, -0.25) is 9.88 Å². The van der Waals surface area contributed by atoms with E-state index in [2.05, 4.69) is 25.2 Å². The number of pyridine rings is 1. The number of likely N-dealkylation sites (tertiary alicyclic amines) is 1. The summed E-state index contributed by atoms with van der Waals surface area (Å²) >= 11 is 6.21. The van der Waals surface area contributed by atoms with Gasteiger partial charge in [0.25, 0.3) is 0 Å². The lowest BCUT2D eigenvalue weighted by Crippen LogP contribution is -2.21. The van der Waals surface area contributed by atoms with Crippen LogP contribution in [-0.4, -0.2) is 44.2 Å². The van der Waals surface area contributed by atoms with E-state index in [-0.39, 0.29) is 12.1 Å². The first kappa shape index (κ1) is 17.9. The summed E-state index contributed by atoms with van der Waals surface area (Å²) < 4.78 is 0. The SMILES string of the molecule is Cc1c(Cl)cccc1Nc1nc(N)nc2cc(CN3CC[C@@H](O)C3)cnc12. The van der Waals surface area contributed by atoms with Crippen molar-refractivity contribution >= 4 is 40.1 Å². The van der Waals surface area contributed by atoms with E-state index in [1.165, 1.54) is 0 Å². The molecule has 0 unspecified atom stereocenters. The van der Waals surface area contributed by atoms with E-state index in [1.54, 1.807) is 0 Å². The summed E-state index contributed by atoms with van der Waals surface area (Å²) in [6, 6.07) is 7.62. The lowest BCUT2D eigenvalue weighted by Gasteiger charge is -2.15. The molecule has 4 rings (SSSR count). The Kier molecular flexibility index (Phi) is 4.82. The quantitative estimate of drug-likeness (QED) is 0.635. The van der Waals surface area contributed by atoms with Crippen LogP contribution < -0.4 is 11.1 Å². The Morgan fingerprint density at radius 3 is 3.00 bits per heavy atom. The highest BCUT2D eigenvalue weighted by atomic mass is 35.5. The summed E-state index contributed by atoms with van der Waals surface area (Å²) in [6.07, 6.45) is 2.39. The number of rotatable bonds is 4. The van der Waals surface area contributed by atoms with Crippen molar-refractivity contribution < 1.29 is 5.11 Å². The van der Waals surface area contributed by atoms with Gasteiger partial charge in [0.2, 0.25) is 5.95 Å². The van der Waals surface area contributed by atoms with Gasteiger partial charge >= 0.3 is 0 Å². The van der Waals surface area contributed by atoms with Crippen LogP contribution in [0.25, 0.3) is 11.0 Å². The predicted octanol–water partition coefficient (Wildman–Crippen LogP) is 2.88. The van der Waals surface area contributed by atoms with Crippen LogP contribution in [0.4, 0.5) is 17.5 Å². The largest absolute Gasteiger partial charge is 0.392 e. The van der Waals surface area contributed by atoms with Crippen LogP contribution >= 0.6 is 11.6 Å². The fraction of sp³-hybridized carbons (Fsp3) is 0.316. The third kappa shape index (κ3) is 3.80. The summed E-state index contributed by atoms with van der Waals surface area (Å²) in [5.41, 5.74) is 10.0. The smallest absolute Gasteiger partial charge is 0.222 e. The van der Waals surface area contributed by atoms with Crippen LogP contribution in [0.3, 0.4) is 0 Å². The number of benzene rings is 1. The Labute approximate surface area is 162 Å². The molecular formula is C19H21ClN6O. The lowest BCUT2D eigenvalue weighted by atomic mass is 10.2. The third-order valence-electron chi connectivity index (χ3n) is 4.78. The molecule has 4 N–H and O–H groups in total. The standard InChI is InChI=1S/C19H21ClN6O/c1-11-14(20)3-2-4-15(11)23-18-17-16(24-19(21)25-18)7-12(8-22-17)9-26-6-5-13(27)10-26/h2-4,7-8,13,27H,5-6,9-10H2,1H3,(H3,21,23,24,25)/t13-/m1/s1. The molecule has 3 aromatic rings. The molecule has 1 aliphatic heterocycles. The van der Waals surface area contributed by atoms with Crippen molar-refractivity contribution in [3.05, 3.63) is 46.6 Å². The van der Waals surface area contributed by atoms with Gasteiger partial charge in [-0.2, -0.15) is 4.98 Å². The molecule has 7 nitrogen and oxygen atoms in total. The molecular weight excluding hydrogens is 364 g/mol. The summed E-state index contributed by atoms with van der Waals surface area (Å²) in [4.78, 5) is 15.4. The van der Waals surface area contributed by atoms with E-state index in [9.17, 15) is 5.11 Å². The molecule has 1 aromatic carbocycles. The molecule has 0 saturated carbocycles. The first-order valence-electron chi connectivity index (χ1n) is 8.84. The first-order chi connectivity index (χ1) is 13.0. The Hall–Kier alpha value is -2.48. The minimum Gasteiger partial charge on any atom is -0.392 e. The minimum atomic E-state index is -0.242. The number of aliphatic hydroxyl groups is 1. The number of nitrogen functional groups attached to an aromatic ring is 1. The number of fused-ring (bicyclic) bond motifs is 1. The Balaban J connectivity index is 1.66. The molecule has 1 saturated heterocycles. The van der Waals surface area contributed by atoms with E-state index < -0.39 is 0 Å². The van der Waals surface area contributed by atoms with Gasteiger partial charge in [-0.15, -0.1) is 0 Å². The zero-order valence-corrected chi connectivity index (χ0v) is 15.7. The molecule has 8 heteroatoms. The van der Waals surface area contributed by atoms with Gasteiger partial charge in [0.05, 0.1) is 11.6 Å². The zero-order chi connectivity index (χ0) is 19.0. The van der Waals surface area contributed by atoms with Crippen molar-refractivity contribution in [1.82, 2.24) is 19.9 Å². The fourth-order valence-electron chi connectivity index (χ4n) is 3.34. The number of nitrogens with one attached hydrogen (secondary N) is 1. The summed E-state index contributed by atoms with van der Waals surface area (Å²) in [6.45, 7) is 4.23. The van der Waals surface area contributed by atoms with Crippen molar-refractivity contribution in [2.24, 2.45) is 0 Å². The highest BCUT2D eigenvalue weighted by Crippen LogP contribution is 2.28. The average molecular weight is 385 g/mol. The van der Waals surface area contributed by atoms with Crippen LogP contribution in [0, 0.1) is 6.92 Å². The number of nitrogens with two attached hydrogens (primary N) is 1. The van der Waals surface area contributed by atoms with Crippen LogP contribution in [0.5, 0.6) is 0 Å². The zero-order valence-electron chi connectivity index (χ0n) is 15.0. The van der Waals surface area contributed by atoms with E-state index >= 15 is 0 Å². The molecule has 0 spiro atoms. The van der Waals surface area contributed by atoms with Crippen LogP contribution in [-0.2, 0) is 6.54 Å². The maximum atomic E-state index is 9.69. The monoisotopic (exact) mass is 384 g/mol. The molecule has 1 atom stereocenters.